The van der Waals surface area contributed by atoms with Crippen LogP contribution in [0.15, 0.2) is 235 Å². The molecule has 0 aliphatic heterocycles. The van der Waals surface area contributed by atoms with E-state index in [2.05, 4.69) is 15.0 Å². The molecule has 2 N–H and O–H groups in total. The highest BCUT2D eigenvalue weighted by atomic mass is 19.1. The molecule has 10 aromatic carbocycles. The van der Waals surface area contributed by atoms with Crippen molar-refractivity contribution < 1.29 is 127 Å². The molecule has 0 amide bonds. The zero-order valence-corrected chi connectivity index (χ0v) is 70.1. The van der Waals surface area contributed by atoms with Gasteiger partial charge in [-0.15, -0.1) is 0 Å². The van der Waals surface area contributed by atoms with E-state index in [1.165, 1.54) is 108 Å². The number of hydrogen-bond acceptors (Lipinski definition) is 22. The van der Waals surface area contributed by atoms with Crippen LogP contribution in [0, 0.1) is 34.9 Å². The van der Waals surface area contributed by atoms with Gasteiger partial charge in [-0.1, -0.05) is 120 Å². The van der Waals surface area contributed by atoms with Crippen LogP contribution in [0.5, 0.6) is 46.0 Å². The molecule has 0 aliphatic rings. The molecule has 10 rings (SSSR count). The monoisotopic (exact) mass is 1720 g/mol. The van der Waals surface area contributed by atoms with Gasteiger partial charge in [-0.05, 0) is 166 Å². The first-order valence-corrected chi connectivity index (χ1v) is 38.9. The third-order valence-corrected chi connectivity index (χ3v) is 16.9. The van der Waals surface area contributed by atoms with Gasteiger partial charge in [0.25, 0.3) is 0 Å². The molecule has 0 saturated heterocycles. The lowest BCUT2D eigenvalue weighted by Crippen LogP contribution is -2.13. The number of nitrogens with zero attached hydrogens (tertiary/aromatic N) is 2. The van der Waals surface area contributed by atoms with E-state index < -0.39 is 41.0 Å². The lowest BCUT2D eigenvalue weighted by Gasteiger charge is -2.11. The Kier molecular flexibility index (Phi) is 46.3. The van der Waals surface area contributed by atoms with Gasteiger partial charge in [-0.25, -0.2) is 31.1 Å². The zero-order chi connectivity index (χ0) is 90.4. The second-order valence-corrected chi connectivity index (χ2v) is 25.6. The van der Waals surface area contributed by atoms with Crippen LogP contribution in [0.3, 0.4) is 0 Å². The van der Waals surface area contributed by atoms with E-state index in [4.69, 9.17) is 67.3 Å². The molecular formula is C95H100F6N2O21. The number of aldehydes is 1. The van der Waals surface area contributed by atoms with Gasteiger partial charge in [-0.3, -0.25) is 24.0 Å². The first kappa shape index (κ1) is 100. The van der Waals surface area contributed by atoms with Crippen LogP contribution in [0.25, 0.3) is 6.08 Å². The average molecular weight is 1720 g/mol. The van der Waals surface area contributed by atoms with Gasteiger partial charge in [0, 0.05) is 84.8 Å². The summed E-state index contributed by atoms with van der Waals surface area (Å²) in [5.41, 5.74) is 7.07. The Bertz CT molecular complexity index is 5040. The second kappa shape index (κ2) is 57.2. The molecule has 0 radical (unpaired) electrons. The van der Waals surface area contributed by atoms with Gasteiger partial charge in [0.05, 0.1) is 53.3 Å². The number of ether oxygens (including phenoxy) is 11. The summed E-state index contributed by atoms with van der Waals surface area (Å²) in [5.74, 6) is -1.83. The highest BCUT2D eigenvalue weighted by Gasteiger charge is 2.15. The lowest BCUT2D eigenvalue weighted by atomic mass is 10.1. The van der Waals surface area contributed by atoms with E-state index in [0.29, 0.717) is 119 Å². The number of aryl methyl sites for hydroxylation is 4. The number of carboxylic acid groups (broad SMARTS) is 1. The number of phenols is 1. The summed E-state index contributed by atoms with van der Waals surface area (Å²) in [7, 11) is 7.37. The van der Waals surface area contributed by atoms with Gasteiger partial charge < -0.3 is 72.0 Å². The minimum atomic E-state index is -0.959. The van der Waals surface area contributed by atoms with Crippen molar-refractivity contribution in [3.63, 3.8) is 0 Å². The molecule has 658 valence electrons. The smallest absolute Gasteiger partial charge is 0.330 e. The molecule has 0 heterocycles. The topological polar surface area (TPSA) is 288 Å². The summed E-state index contributed by atoms with van der Waals surface area (Å²) >= 11 is 0. The Morgan fingerprint density at radius 2 is 0.694 bits per heavy atom. The largest absolute Gasteiger partial charge is 0.508 e. The van der Waals surface area contributed by atoms with Gasteiger partial charge in [-0.2, -0.15) is 0 Å². The number of hydrogen-bond donors (Lipinski definition) is 2. The Morgan fingerprint density at radius 3 is 1.03 bits per heavy atom. The fraction of sp³-hybridized carbons (Fsp3) is 0.263. The SMILES string of the molecule is CCOC(=O)/C=C/c1ccc(OC)cc1F.CCOC(=O)CCc1ccc(O)cc1F.CCOC(=O)CCc1ccc(OC)cc1F.CCOC(=O)CCc1ccc(OCc2ccc(OC/C(=N\OC)c3ccccc3)cc2)cc1F.CO/N=C(\COc1ccc(COc2ccc(CCC(=O)O)c(F)c2)cc1)c1ccccc1.COc1ccc(C=O)c(F)c1. The molecule has 23 nitrogen and oxygen atoms in total. The Balaban J connectivity index is 0.000000278. The maximum atomic E-state index is 14.3. The second-order valence-electron chi connectivity index (χ2n) is 25.6. The summed E-state index contributed by atoms with van der Waals surface area (Å²) < 4.78 is 138. The maximum Gasteiger partial charge on any atom is 0.330 e. The fourth-order valence-corrected chi connectivity index (χ4v) is 10.5. The number of rotatable bonds is 38. The van der Waals surface area contributed by atoms with Gasteiger partial charge in [0.2, 0.25) is 0 Å². The van der Waals surface area contributed by atoms with Crippen LogP contribution < -0.4 is 33.2 Å². The average Bonchev–Trinajstić information content (AvgIpc) is 0.869. The number of aliphatic carboxylic acids is 1. The lowest BCUT2D eigenvalue weighted by molar-refractivity contribution is -0.144. The van der Waals surface area contributed by atoms with Gasteiger partial charge in [0.1, 0.15) is 133 Å². The molecule has 0 saturated carbocycles. The molecule has 0 aromatic heterocycles. The third-order valence-electron chi connectivity index (χ3n) is 16.9. The van der Waals surface area contributed by atoms with Gasteiger partial charge >= 0.3 is 29.8 Å². The highest BCUT2D eigenvalue weighted by Crippen LogP contribution is 2.26. The van der Waals surface area contributed by atoms with Crippen LogP contribution in [0.2, 0.25) is 0 Å². The quantitative estimate of drug-likeness (QED) is 0.00691. The Morgan fingerprint density at radius 1 is 0.363 bits per heavy atom. The minimum Gasteiger partial charge on any atom is -0.508 e. The summed E-state index contributed by atoms with van der Waals surface area (Å²) in [6.45, 7) is 9.26. The van der Waals surface area contributed by atoms with E-state index in [1.54, 1.807) is 70.2 Å². The normalized spacial score (nSPS) is 10.6. The number of oxime groups is 2. The van der Waals surface area contributed by atoms with Crippen LogP contribution in [-0.2, 0) is 91.5 Å². The molecule has 0 unspecified atom stereocenters. The Hall–Kier alpha value is -14.1. The number of halogens is 6. The number of methoxy groups -OCH3 is 3. The van der Waals surface area contributed by atoms with E-state index in [1.807, 2.05) is 109 Å². The zero-order valence-electron chi connectivity index (χ0n) is 70.1. The number of phenolic OH excluding ortho intramolecular Hbond substituents is 1. The van der Waals surface area contributed by atoms with E-state index >= 15 is 0 Å². The molecule has 0 fully saturated rings. The van der Waals surface area contributed by atoms with E-state index in [9.17, 15) is 55.1 Å². The molecule has 0 spiro atoms. The van der Waals surface area contributed by atoms with Crippen LogP contribution in [0.4, 0.5) is 26.3 Å². The summed E-state index contributed by atoms with van der Waals surface area (Å²) in [4.78, 5) is 75.2. The minimum absolute atomic E-state index is 0.0470. The van der Waals surface area contributed by atoms with Crippen molar-refractivity contribution in [2.75, 3.05) is 75.2 Å². The molecule has 0 aliphatic carbocycles. The number of esters is 4. The molecule has 0 bridgehead atoms. The molecule has 0 atom stereocenters. The molecule has 10 aromatic rings. The molecule has 29 heteroatoms. The van der Waals surface area contributed by atoms with Crippen molar-refractivity contribution in [2.24, 2.45) is 10.3 Å². The summed E-state index contributed by atoms with van der Waals surface area (Å²) in [6, 6.07) is 60.2. The van der Waals surface area contributed by atoms with Crippen molar-refractivity contribution in [3.05, 3.63) is 315 Å². The van der Waals surface area contributed by atoms with Crippen molar-refractivity contribution in [3.8, 4) is 46.0 Å². The highest BCUT2D eigenvalue weighted by molar-refractivity contribution is 6.02. The third kappa shape index (κ3) is 38.5. The van der Waals surface area contributed by atoms with Crippen molar-refractivity contribution in [1.82, 2.24) is 0 Å². The van der Waals surface area contributed by atoms with Crippen LogP contribution in [0.1, 0.15) is 114 Å². The number of carboxylic acids is 1. The maximum absolute atomic E-state index is 14.3. The summed E-state index contributed by atoms with van der Waals surface area (Å²) in [5, 5.41) is 25.8. The summed E-state index contributed by atoms with van der Waals surface area (Å²) in [6.07, 6.45) is 4.44. The first-order valence-electron chi connectivity index (χ1n) is 38.9. The van der Waals surface area contributed by atoms with Crippen molar-refractivity contribution in [1.29, 1.82) is 0 Å². The predicted molar refractivity (Wildman–Crippen MR) is 454 cm³/mol. The predicted octanol–water partition coefficient (Wildman–Crippen LogP) is 18.6. The van der Waals surface area contributed by atoms with Crippen LogP contribution >= 0.6 is 0 Å². The first-order chi connectivity index (χ1) is 59.9. The fourth-order valence-electron chi connectivity index (χ4n) is 10.5. The van der Waals surface area contributed by atoms with Gasteiger partial charge in [0.15, 0.2) is 6.29 Å². The van der Waals surface area contributed by atoms with Crippen molar-refractivity contribution >= 4 is 53.6 Å². The number of carbonyl (C=O) groups is 6. The molecule has 124 heavy (non-hydrogen) atoms. The number of carbonyl (C=O) groups excluding carboxylic acids is 5. The van der Waals surface area contributed by atoms with Crippen molar-refractivity contribution in [2.45, 2.75) is 92.3 Å². The van der Waals surface area contributed by atoms with E-state index in [0.717, 1.165) is 28.3 Å². The van der Waals surface area contributed by atoms with E-state index in [-0.39, 0.29) is 106 Å². The molecular weight excluding hydrogens is 1620 g/mol. The number of aromatic hydroxyl groups is 1. The van der Waals surface area contributed by atoms with Crippen LogP contribution in [-0.4, -0.2) is 133 Å². The Labute approximate surface area is 716 Å². The number of benzene rings is 10. The standard InChI is InChI=1S/C27H28FNO5.C25H24FNO5.C12H15FO3.C12H13FO3.C11H13FO3.C8H7FO2/c1-3-32-27(30)16-12-21-11-15-24(17-25(21)28)33-18-20-9-13-23(14-10-20)34-19-26(29-31-2)22-7-5-4-6-8-22;1-30-27-24(20-5-3-2-4-6-20)17-32-21-11-7-18(8-12-21)16-31-22-13-9-19(23(26)15-22)10-14-25(28)29;2*1-3-16-12(14)7-5-9-4-6-10(15-2)8-11(9)13;1-2-15-11(14)6-4-8-3-5-9(13)7-10(8)12;1-11-7-3-2-6(5-10)8(9)4-7/h4-11,13-15,17H,3,12,16,18-19H2,1-2H3;2-9,11-13,15H,10,14,16-17H2,1H3,(H,28,29);4,6,8H,3,5,7H2,1-2H3;4-8H,3H2,1-2H3;3,5,7,13H,2,4,6H2,1H3;2-5H,1H3/b29-26+;27-24+;;7-5+;;.